The molecule has 1 aromatic carbocycles. The summed E-state index contributed by atoms with van der Waals surface area (Å²) >= 11 is 0. The number of rotatable bonds is 4. The Hall–Kier alpha value is -4.14. The third-order valence-corrected chi connectivity index (χ3v) is 5.43. The lowest BCUT2D eigenvalue weighted by Gasteiger charge is -2.23. The van der Waals surface area contributed by atoms with Gasteiger partial charge in [-0.05, 0) is 36.8 Å². The van der Waals surface area contributed by atoms with Crippen molar-refractivity contribution in [2.24, 2.45) is 0 Å². The molecule has 4 heterocycles. The standard InChI is InChI=1S/C22H21N7O2/c1-13-9-24-22(31)19-8-14-6-7-18(27-20(14)29(13)19)21(30)26-16-10-25-28(12-16)11-15-4-2-3-5-17(15)23/h2-8,10,12-13H,9,11,23H2,1H3,(H,24,31)(H,26,30). The number of hydrogen-bond acceptors (Lipinski definition) is 5. The van der Waals surface area contributed by atoms with Crippen LogP contribution in [0.4, 0.5) is 11.4 Å². The molecule has 2 amide bonds. The van der Waals surface area contributed by atoms with E-state index < -0.39 is 0 Å². The van der Waals surface area contributed by atoms with Crippen LogP contribution < -0.4 is 16.4 Å². The van der Waals surface area contributed by atoms with Gasteiger partial charge in [0.15, 0.2) is 0 Å². The maximum atomic E-state index is 12.8. The molecule has 0 bridgehead atoms. The van der Waals surface area contributed by atoms with Crippen LogP contribution in [-0.4, -0.2) is 37.7 Å². The van der Waals surface area contributed by atoms with Crippen LogP contribution in [0.15, 0.2) is 54.9 Å². The van der Waals surface area contributed by atoms with Gasteiger partial charge in [0, 0.05) is 23.8 Å². The summed E-state index contributed by atoms with van der Waals surface area (Å²) in [5, 5.41) is 10.8. The SMILES string of the molecule is CC1CNC(=O)c2cc3ccc(C(=O)Nc4cnn(Cc5ccccc5N)c4)nc3n21. The van der Waals surface area contributed by atoms with Gasteiger partial charge in [-0.25, -0.2) is 4.98 Å². The molecular formula is C22H21N7O2. The highest BCUT2D eigenvalue weighted by Crippen LogP contribution is 2.25. The number of amides is 2. The summed E-state index contributed by atoms with van der Waals surface area (Å²) in [6.45, 7) is 3.03. The molecule has 4 aromatic rings. The molecule has 1 aliphatic rings. The van der Waals surface area contributed by atoms with Gasteiger partial charge < -0.3 is 20.9 Å². The first-order valence-electron chi connectivity index (χ1n) is 9.97. The molecule has 0 radical (unpaired) electrons. The predicted octanol–water partition coefficient (Wildman–Crippen LogP) is 2.42. The minimum absolute atomic E-state index is 0.0552. The van der Waals surface area contributed by atoms with E-state index in [2.05, 4.69) is 20.7 Å². The number of nitrogens with one attached hydrogen (secondary N) is 2. The van der Waals surface area contributed by atoms with Gasteiger partial charge in [-0.2, -0.15) is 5.10 Å². The van der Waals surface area contributed by atoms with Gasteiger partial charge in [0.25, 0.3) is 11.8 Å². The van der Waals surface area contributed by atoms with E-state index in [1.807, 2.05) is 41.8 Å². The van der Waals surface area contributed by atoms with E-state index in [4.69, 9.17) is 5.73 Å². The minimum atomic E-state index is -0.343. The topological polar surface area (TPSA) is 120 Å². The van der Waals surface area contributed by atoms with E-state index >= 15 is 0 Å². The first-order valence-corrected chi connectivity index (χ1v) is 9.97. The van der Waals surface area contributed by atoms with Crippen molar-refractivity contribution >= 4 is 34.2 Å². The fourth-order valence-electron chi connectivity index (χ4n) is 3.83. The Kier molecular flexibility index (Phi) is 4.43. The quantitative estimate of drug-likeness (QED) is 0.442. The molecule has 1 aliphatic heterocycles. The Bertz CT molecular complexity index is 1320. The fraction of sp³-hybridized carbons (Fsp3) is 0.182. The zero-order valence-electron chi connectivity index (χ0n) is 16.9. The Morgan fingerprint density at radius 1 is 1.29 bits per heavy atom. The highest BCUT2D eigenvalue weighted by molar-refractivity contribution is 6.04. The maximum absolute atomic E-state index is 12.8. The molecule has 5 rings (SSSR count). The number of anilines is 2. The number of para-hydroxylation sites is 1. The number of fused-ring (bicyclic) bond motifs is 3. The van der Waals surface area contributed by atoms with Gasteiger partial charge in [0.05, 0.1) is 24.5 Å². The van der Waals surface area contributed by atoms with Crippen molar-refractivity contribution in [1.29, 1.82) is 0 Å². The van der Waals surface area contributed by atoms with Crippen molar-refractivity contribution in [1.82, 2.24) is 24.6 Å². The molecule has 4 N–H and O–H groups in total. The maximum Gasteiger partial charge on any atom is 0.274 e. The van der Waals surface area contributed by atoms with Gasteiger partial charge in [-0.3, -0.25) is 14.3 Å². The second-order valence-corrected chi connectivity index (χ2v) is 7.65. The van der Waals surface area contributed by atoms with E-state index in [9.17, 15) is 9.59 Å². The first-order chi connectivity index (χ1) is 15.0. The summed E-state index contributed by atoms with van der Waals surface area (Å²) in [5.41, 5.74) is 9.65. The highest BCUT2D eigenvalue weighted by Gasteiger charge is 2.25. The van der Waals surface area contributed by atoms with Crippen LogP contribution in [0.2, 0.25) is 0 Å². The van der Waals surface area contributed by atoms with Gasteiger partial charge in [0.2, 0.25) is 0 Å². The van der Waals surface area contributed by atoms with Crippen molar-refractivity contribution in [3.05, 3.63) is 71.8 Å². The molecule has 0 fully saturated rings. The molecule has 0 saturated carbocycles. The van der Waals surface area contributed by atoms with Crippen LogP contribution in [0.5, 0.6) is 0 Å². The molecule has 1 unspecified atom stereocenters. The molecule has 0 aliphatic carbocycles. The van der Waals surface area contributed by atoms with Crippen molar-refractivity contribution in [3.63, 3.8) is 0 Å². The van der Waals surface area contributed by atoms with E-state index in [0.717, 1.165) is 10.9 Å². The van der Waals surface area contributed by atoms with Gasteiger partial charge in [-0.15, -0.1) is 0 Å². The summed E-state index contributed by atoms with van der Waals surface area (Å²) in [6.07, 6.45) is 3.33. The molecule has 0 spiro atoms. The van der Waals surface area contributed by atoms with Crippen LogP contribution in [0, 0.1) is 0 Å². The van der Waals surface area contributed by atoms with Gasteiger partial charge in [0.1, 0.15) is 17.0 Å². The Balaban J connectivity index is 1.37. The molecule has 31 heavy (non-hydrogen) atoms. The van der Waals surface area contributed by atoms with Crippen LogP contribution in [-0.2, 0) is 6.54 Å². The van der Waals surface area contributed by atoms with Gasteiger partial charge in [-0.1, -0.05) is 18.2 Å². The molecule has 156 valence electrons. The summed E-state index contributed by atoms with van der Waals surface area (Å²) < 4.78 is 3.59. The summed E-state index contributed by atoms with van der Waals surface area (Å²) in [4.78, 5) is 29.5. The van der Waals surface area contributed by atoms with E-state index in [1.165, 1.54) is 0 Å². The third-order valence-electron chi connectivity index (χ3n) is 5.43. The lowest BCUT2D eigenvalue weighted by Crippen LogP contribution is -2.37. The number of carbonyl (C=O) groups is 2. The van der Waals surface area contributed by atoms with Crippen LogP contribution in [0.3, 0.4) is 0 Å². The van der Waals surface area contributed by atoms with Crippen molar-refractivity contribution < 1.29 is 9.59 Å². The first kappa shape index (κ1) is 18.9. The van der Waals surface area contributed by atoms with Crippen molar-refractivity contribution in [2.75, 3.05) is 17.6 Å². The molecule has 9 nitrogen and oxygen atoms in total. The highest BCUT2D eigenvalue weighted by atomic mass is 16.2. The molecule has 9 heteroatoms. The van der Waals surface area contributed by atoms with Gasteiger partial charge >= 0.3 is 0 Å². The van der Waals surface area contributed by atoms with Crippen molar-refractivity contribution in [2.45, 2.75) is 19.5 Å². The van der Waals surface area contributed by atoms with Crippen molar-refractivity contribution in [3.8, 4) is 0 Å². The Morgan fingerprint density at radius 2 is 2.13 bits per heavy atom. The monoisotopic (exact) mass is 415 g/mol. The van der Waals surface area contributed by atoms with E-state index in [-0.39, 0.29) is 23.6 Å². The fourth-order valence-corrected chi connectivity index (χ4v) is 3.83. The summed E-state index contributed by atoms with van der Waals surface area (Å²) in [7, 11) is 0. The number of carbonyl (C=O) groups excluding carboxylic acids is 2. The largest absolute Gasteiger partial charge is 0.398 e. The van der Waals surface area contributed by atoms with Crippen LogP contribution >= 0.6 is 0 Å². The zero-order chi connectivity index (χ0) is 21.5. The molecular weight excluding hydrogens is 394 g/mol. The number of nitrogen functional groups attached to an aromatic ring is 1. The number of nitrogens with zero attached hydrogens (tertiary/aromatic N) is 4. The normalized spacial score (nSPS) is 15.5. The number of nitrogens with two attached hydrogens (primary N) is 1. The lowest BCUT2D eigenvalue weighted by molar-refractivity contribution is 0.0918. The second-order valence-electron chi connectivity index (χ2n) is 7.65. The third kappa shape index (κ3) is 3.39. The average molecular weight is 415 g/mol. The Morgan fingerprint density at radius 3 is 2.97 bits per heavy atom. The number of hydrogen-bond donors (Lipinski definition) is 3. The number of benzene rings is 1. The lowest BCUT2D eigenvalue weighted by atomic mass is 10.2. The van der Waals surface area contributed by atoms with Crippen LogP contribution in [0.25, 0.3) is 11.0 Å². The number of aromatic nitrogens is 4. The Labute approximate surface area is 177 Å². The average Bonchev–Trinajstić information content (AvgIpc) is 3.37. The van der Waals surface area contributed by atoms with E-state index in [1.54, 1.807) is 29.2 Å². The summed E-state index contributed by atoms with van der Waals surface area (Å²) in [6, 6.07) is 12.9. The molecule has 0 saturated heterocycles. The minimum Gasteiger partial charge on any atom is -0.398 e. The summed E-state index contributed by atoms with van der Waals surface area (Å²) in [5.74, 6) is -0.474. The zero-order valence-corrected chi connectivity index (χ0v) is 16.9. The van der Waals surface area contributed by atoms with E-state index in [0.29, 0.717) is 35.8 Å². The number of pyridine rings is 1. The molecule has 1 atom stereocenters. The predicted molar refractivity (Wildman–Crippen MR) is 117 cm³/mol. The molecule has 3 aromatic heterocycles. The second kappa shape index (κ2) is 7.28. The smallest absolute Gasteiger partial charge is 0.274 e. The van der Waals surface area contributed by atoms with Crippen LogP contribution in [0.1, 0.15) is 39.5 Å².